The predicted octanol–water partition coefficient (Wildman–Crippen LogP) is 4.67. The van der Waals surface area contributed by atoms with Crippen molar-refractivity contribution in [2.45, 2.75) is 6.92 Å². The number of para-hydroxylation sites is 1. The molecule has 0 fully saturated rings. The summed E-state index contributed by atoms with van der Waals surface area (Å²) in [5, 5.41) is 3.67. The molecule has 0 radical (unpaired) electrons. The molecule has 0 bridgehead atoms. The van der Waals surface area contributed by atoms with Crippen LogP contribution in [0, 0.1) is 0 Å². The van der Waals surface area contributed by atoms with Gasteiger partial charge < -0.3 is 5.32 Å². The van der Waals surface area contributed by atoms with Crippen LogP contribution in [0.4, 0.5) is 11.4 Å². The van der Waals surface area contributed by atoms with Crippen LogP contribution in [-0.4, -0.2) is 19.3 Å². The van der Waals surface area contributed by atoms with Gasteiger partial charge in [-0.2, -0.15) is 4.41 Å². The van der Waals surface area contributed by atoms with Crippen LogP contribution >= 0.6 is 0 Å². The van der Waals surface area contributed by atoms with E-state index in [1.807, 2.05) is 60.8 Å². The first kappa shape index (κ1) is 18.9. The van der Waals surface area contributed by atoms with E-state index in [0.717, 1.165) is 22.0 Å². The highest BCUT2D eigenvalue weighted by molar-refractivity contribution is 7.80. The van der Waals surface area contributed by atoms with Gasteiger partial charge in [0.1, 0.15) is 0 Å². The minimum atomic E-state index is -2.31. The largest absolute Gasteiger partial charge is 0.326 e. The van der Waals surface area contributed by atoms with E-state index in [1.54, 1.807) is 28.9 Å². The third kappa shape index (κ3) is 3.78. The molecule has 4 aromatic rings. The van der Waals surface area contributed by atoms with Gasteiger partial charge in [0.05, 0.1) is 11.2 Å². The zero-order valence-corrected chi connectivity index (χ0v) is 16.5. The predicted molar refractivity (Wildman–Crippen MR) is 117 cm³/mol. The van der Waals surface area contributed by atoms with Crippen molar-refractivity contribution in [3.63, 3.8) is 0 Å². The maximum atomic E-state index is 12.3. The van der Waals surface area contributed by atoms with Gasteiger partial charge in [-0.05, 0) is 35.9 Å². The molecule has 6 nitrogen and oxygen atoms in total. The Kier molecular flexibility index (Phi) is 5.16. The summed E-state index contributed by atoms with van der Waals surface area (Å²) in [6.07, 6.45) is 1.86. The van der Waals surface area contributed by atoms with Crippen LogP contribution in [0.5, 0.6) is 0 Å². The van der Waals surface area contributed by atoms with Crippen LogP contribution in [0.25, 0.3) is 22.0 Å². The molecule has 2 N–H and O–H groups in total. The topological polar surface area (TPSA) is 74.6 Å². The number of hydrogen-bond acceptors (Lipinski definition) is 2. The summed E-state index contributed by atoms with van der Waals surface area (Å²) < 4.78 is 25.4. The molecule has 1 heterocycles. The van der Waals surface area contributed by atoms with Crippen LogP contribution in [-0.2, 0) is 16.1 Å². The van der Waals surface area contributed by atoms with Crippen molar-refractivity contribution in [2.24, 2.45) is 0 Å². The number of aromatic nitrogens is 1. The molecule has 4 rings (SSSR count). The Hall–Kier alpha value is -3.42. The highest BCUT2D eigenvalue weighted by atomic mass is 32.2. The van der Waals surface area contributed by atoms with Crippen molar-refractivity contribution >= 4 is 39.5 Å². The SMILES string of the molecule is CC(=O)Nc1ccc(N(n2cc(-c3ccccc3)c3ccccc32)S(=O)O)cc1. The van der Waals surface area contributed by atoms with Gasteiger partial charge >= 0.3 is 0 Å². The Bertz CT molecular complexity index is 1190. The normalized spacial score (nSPS) is 11.9. The van der Waals surface area contributed by atoms with Crippen molar-refractivity contribution in [3.8, 4) is 11.1 Å². The lowest BCUT2D eigenvalue weighted by Crippen LogP contribution is -2.30. The Morgan fingerprint density at radius 1 is 0.966 bits per heavy atom. The zero-order chi connectivity index (χ0) is 20.4. The second-order valence-electron chi connectivity index (χ2n) is 6.50. The van der Waals surface area contributed by atoms with Crippen LogP contribution < -0.4 is 9.73 Å². The molecule has 1 aromatic heterocycles. The van der Waals surface area contributed by atoms with Crippen LogP contribution in [0.2, 0.25) is 0 Å². The van der Waals surface area contributed by atoms with Gasteiger partial charge in [0.2, 0.25) is 5.91 Å². The molecular weight excluding hydrogens is 386 g/mol. The Morgan fingerprint density at radius 2 is 1.62 bits per heavy atom. The van der Waals surface area contributed by atoms with E-state index in [2.05, 4.69) is 5.32 Å². The van der Waals surface area contributed by atoms with Crippen molar-refractivity contribution in [1.82, 2.24) is 4.68 Å². The maximum Gasteiger partial charge on any atom is 0.281 e. The highest BCUT2D eigenvalue weighted by Crippen LogP contribution is 2.32. The summed E-state index contributed by atoms with van der Waals surface area (Å²) in [6, 6.07) is 24.4. The molecule has 7 heteroatoms. The van der Waals surface area contributed by atoms with Gasteiger partial charge in [-0.1, -0.05) is 48.5 Å². The summed E-state index contributed by atoms with van der Waals surface area (Å²) >= 11 is -2.31. The molecule has 0 saturated heterocycles. The first-order valence-corrected chi connectivity index (χ1v) is 10.1. The van der Waals surface area contributed by atoms with E-state index in [1.165, 1.54) is 11.3 Å². The average molecular weight is 405 g/mol. The lowest BCUT2D eigenvalue weighted by Gasteiger charge is -2.22. The molecule has 3 aromatic carbocycles. The first-order valence-electron chi connectivity index (χ1n) is 8.99. The van der Waals surface area contributed by atoms with Gasteiger partial charge in [0, 0.05) is 29.8 Å². The van der Waals surface area contributed by atoms with E-state index >= 15 is 0 Å². The number of anilines is 2. The van der Waals surface area contributed by atoms with E-state index in [4.69, 9.17) is 0 Å². The summed E-state index contributed by atoms with van der Waals surface area (Å²) in [6.45, 7) is 1.43. The highest BCUT2D eigenvalue weighted by Gasteiger charge is 2.20. The third-order valence-electron chi connectivity index (χ3n) is 4.53. The van der Waals surface area contributed by atoms with Crippen LogP contribution in [0.1, 0.15) is 6.92 Å². The lowest BCUT2D eigenvalue weighted by molar-refractivity contribution is -0.114. The van der Waals surface area contributed by atoms with E-state index in [-0.39, 0.29) is 5.91 Å². The second kappa shape index (κ2) is 7.90. The van der Waals surface area contributed by atoms with E-state index in [0.29, 0.717) is 11.4 Å². The molecular formula is C22H19N3O3S. The minimum Gasteiger partial charge on any atom is -0.326 e. The molecule has 0 aliphatic rings. The Morgan fingerprint density at radius 3 is 2.28 bits per heavy atom. The fraction of sp³-hybridized carbons (Fsp3) is 0.0455. The number of benzene rings is 3. The van der Waals surface area contributed by atoms with Crippen molar-refractivity contribution < 1.29 is 13.6 Å². The van der Waals surface area contributed by atoms with E-state index in [9.17, 15) is 13.6 Å². The number of carbonyl (C=O) groups excluding carboxylic acids is 1. The van der Waals surface area contributed by atoms with Crippen LogP contribution in [0.15, 0.2) is 85.1 Å². The summed E-state index contributed by atoms with van der Waals surface area (Å²) in [5.74, 6) is -0.177. The zero-order valence-electron chi connectivity index (χ0n) is 15.6. The summed E-state index contributed by atoms with van der Waals surface area (Å²) in [5.41, 5.74) is 3.92. The molecule has 1 atom stereocenters. The summed E-state index contributed by atoms with van der Waals surface area (Å²) in [4.78, 5) is 11.2. The Balaban J connectivity index is 1.85. The van der Waals surface area contributed by atoms with Gasteiger partial charge in [-0.15, -0.1) is 0 Å². The number of rotatable bonds is 5. The van der Waals surface area contributed by atoms with Crippen LogP contribution in [0.3, 0.4) is 0 Å². The van der Waals surface area contributed by atoms with Gasteiger partial charge in [-0.25, -0.2) is 8.89 Å². The summed E-state index contributed by atoms with van der Waals surface area (Å²) in [7, 11) is 0. The third-order valence-corrected chi connectivity index (χ3v) is 5.21. The second-order valence-corrected chi connectivity index (χ2v) is 7.31. The van der Waals surface area contributed by atoms with Gasteiger partial charge in [0.25, 0.3) is 11.3 Å². The number of hydrogen-bond donors (Lipinski definition) is 2. The molecule has 0 spiro atoms. The lowest BCUT2D eigenvalue weighted by atomic mass is 10.1. The van der Waals surface area contributed by atoms with Crippen molar-refractivity contribution in [3.05, 3.63) is 85.1 Å². The fourth-order valence-corrected chi connectivity index (χ4v) is 3.91. The number of carbonyl (C=O) groups is 1. The molecule has 1 unspecified atom stereocenters. The van der Waals surface area contributed by atoms with Gasteiger partial charge in [0.15, 0.2) is 0 Å². The number of nitrogens with one attached hydrogen (secondary N) is 1. The number of amides is 1. The quantitative estimate of drug-likeness (QED) is 0.474. The fourth-order valence-electron chi connectivity index (χ4n) is 3.33. The molecule has 1 amide bonds. The van der Waals surface area contributed by atoms with Crippen molar-refractivity contribution in [1.29, 1.82) is 0 Å². The molecule has 0 aliphatic heterocycles. The first-order chi connectivity index (χ1) is 14.0. The van der Waals surface area contributed by atoms with Gasteiger partial charge in [-0.3, -0.25) is 9.35 Å². The number of nitrogens with zero attached hydrogens (tertiary/aromatic N) is 2. The number of fused-ring (bicyclic) bond motifs is 1. The molecule has 0 aliphatic carbocycles. The van der Waals surface area contributed by atoms with E-state index < -0.39 is 11.3 Å². The Labute approximate surface area is 170 Å². The maximum absolute atomic E-state index is 12.3. The standard InChI is InChI=1S/C22H19N3O3S/c1-16(26)23-18-11-13-19(14-12-18)25(29(27)28)24-15-21(17-7-3-2-4-8-17)20-9-5-6-10-22(20)24/h2-15H,1H3,(H,23,26)(H,27,28). The molecule has 29 heavy (non-hydrogen) atoms. The molecule has 146 valence electrons. The average Bonchev–Trinajstić information content (AvgIpc) is 3.09. The van der Waals surface area contributed by atoms with Crippen molar-refractivity contribution in [2.75, 3.05) is 9.73 Å². The smallest absolute Gasteiger partial charge is 0.281 e. The monoisotopic (exact) mass is 405 g/mol. The molecule has 0 saturated carbocycles. The minimum absolute atomic E-state index is 0.177.